The standard InChI is InChI=1S/C31H35F3N2O/c1-22-16-23(2)18-26(17-22)30(37)36-15-13-28(21-29(36)20-25-8-4-3-5-9-25)35-14-7-11-24-10-6-12-27(19-24)31(32,33)34/h3-6,8-10,12,16-19,28-29,35H,7,11,13-15,20-21H2,1-2H3/t28-,29+/m0/s1. The summed E-state index contributed by atoms with van der Waals surface area (Å²) in [6, 6.07) is 22.2. The Kier molecular flexibility index (Phi) is 8.70. The van der Waals surface area contributed by atoms with Crippen LogP contribution in [0.25, 0.3) is 0 Å². The van der Waals surface area contributed by atoms with E-state index in [0.717, 1.165) is 55.0 Å². The molecule has 1 amide bonds. The van der Waals surface area contributed by atoms with Gasteiger partial charge < -0.3 is 10.2 Å². The van der Waals surface area contributed by atoms with Gasteiger partial charge in [-0.15, -0.1) is 0 Å². The lowest BCUT2D eigenvalue weighted by atomic mass is 9.91. The zero-order chi connectivity index (χ0) is 26.4. The van der Waals surface area contributed by atoms with Crippen LogP contribution in [-0.2, 0) is 19.0 Å². The third-order valence-corrected chi connectivity index (χ3v) is 7.09. The van der Waals surface area contributed by atoms with Crippen LogP contribution in [0, 0.1) is 13.8 Å². The van der Waals surface area contributed by atoms with E-state index in [-0.39, 0.29) is 18.0 Å². The predicted octanol–water partition coefficient (Wildman–Crippen LogP) is 6.76. The van der Waals surface area contributed by atoms with Crippen molar-refractivity contribution in [1.29, 1.82) is 0 Å². The minimum Gasteiger partial charge on any atom is -0.335 e. The number of amides is 1. The second-order valence-electron chi connectivity index (χ2n) is 10.2. The van der Waals surface area contributed by atoms with Gasteiger partial charge in [-0.2, -0.15) is 13.2 Å². The lowest BCUT2D eigenvalue weighted by molar-refractivity contribution is -0.137. The Labute approximate surface area is 217 Å². The normalized spacial score (nSPS) is 18.1. The van der Waals surface area contributed by atoms with Crippen molar-refractivity contribution in [3.05, 3.63) is 106 Å². The van der Waals surface area contributed by atoms with E-state index < -0.39 is 11.7 Å². The molecule has 1 aliphatic heterocycles. The molecule has 0 radical (unpaired) electrons. The zero-order valence-corrected chi connectivity index (χ0v) is 21.5. The minimum absolute atomic E-state index is 0.0745. The number of nitrogens with one attached hydrogen (secondary N) is 1. The molecular formula is C31H35F3N2O. The minimum atomic E-state index is -4.31. The first-order valence-corrected chi connectivity index (χ1v) is 13.0. The van der Waals surface area contributed by atoms with Crippen LogP contribution in [0.2, 0.25) is 0 Å². The Morgan fingerprint density at radius 3 is 2.35 bits per heavy atom. The molecule has 1 N–H and O–H groups in total. The largest absolute Gasteiger partial charge is 0.416 e. The number of hydrogen-bond acceptors (Lipinski definition) is 2. The van der Waals surface area contributed by atoms with Gasteiger partial charge in [-0.3, -0.25) is 4.79 Å². The summed E-state index contributed by atoms with van der Waals surface area (Å²) in [5.74, 6) is 0.0794. The lowest BCUT2D eigenvalue weighted by Crippen LogP contribution is -2.52. The molecule has 1 saturated heterocycles. The Balaban J connectivity index is 1.38. The number of nitrogens with zero attached hydrogens (tertiary/aromatic N) is 1. The number of hydrogen-bond donors (Lipinski definition) is 1. The van der Waals surface area contributed by atoms with Crippen LogP contribution in [0.4, 0.5) is 13.2 Å². The van der Waals surface area contributed by atoms with E-state index in [1.165, 1.54) is 17.7 Å². The maximum atomic E-state index is 13.6. The molecule has 196 valence electrons. The average molecular weight is 509 g/mol. The molecule has 0 saturated carbocycles. The molecule has 0 aliphatic carbocycles. The van der Waals surface area contributed by atoms with Gasteiger partial charge in [0.15, 0.2) is 0 Å². The maximum absolute atomic E-state index is 13.6. The van der Waals surface area contributed by atoms with Gasteiger partial charge in [0.1, 0.15) is 0 Å². The highest BCUT2D eigenvalue weighted by molar-refractivity contribution is 5.95. The molecule has 0 aromatic heterocycles. The molecule has 2 atom stereocenters. The quantitative estimate of drug-likeness (QED) is 0.341. The summed E-state index contributed by atoms with van der Waals surface area (Å²) in [6.07, 6.45) is -0.481. The van der Waals surface area contributed by atoms with Gasteiger partial charge in [0.2, 0.25) is 0 Å². The number of aryl methyl sites for hydroxylation is 3. The third-order valence-electron chi connectivity index (χ3n) is 7.09. The molecule has 1 heterocycles. The van der Waals surface area contributed by atoms with Crippen LogP contribution >= 0.6 is 0 Å². The van der Waals surface area contributed by atoms with E-state index in [2.05, 4.69) is 23.5 Å². The van der Waals surface area contributed by atoms with E-state index in [0.29, 0.717) is 18.5 Å². The van der Waals surface area contributed by atoms with Crippen LogP contribution in [0.1, 0.15) is 57.4 Å². The SMILES string of the molecule is Cc1cc(C)cc(C(=O)N2CC[C@H](NCCCc3cccc(C(F)(F)F)c3)C[C@H]2Cc2ccccc2)c1. The number of rotatable bonds is 8. The van der Waals surface area contributed by atoms with Crippen LogP contribution < -0.4 is 5.32 Å². The highest BCUT2D eigenvalue weighted by Crippen LogP contribution is 2.30. The van der Waals surface area contributed by atoms with Gasteiger partial charge in [0.25, 0.3) is 5.91 Å². The first-order chi connectivity index (χ1) is 17.7. The number of benzene rings is 3. The van der Waals surface area contributed by atoms with Crippen molar-refractivity contribution in [2.24, 2.45) is 0 Å². The van der Waals surface area contributed by atoms with Crippen LogP contribution in [0.5, 0.6) is 0 Å². The molecule has 1 aliphatic rings. The molecule has 3 aromatic rings. The fraction of sp³-hybridized carbons (Fsp3) is 0.387. The summed E-state index contributed by atoms with van der Waals surface area (Å²) in [5.41, 5.74) is 4.22. The van der Waals surface area contributed by atoms with Crippen molar-refractivity contribution in [1.82, 2.24) is 10.2 Å². The number of likely N-dealkylation sites (tertiary alicyclic amines) is 1. The van der Waals surface area contributed by atoms with E-state index in [1.54, 1.807) is 6.07 Å². The molecular weight excluding hydrogens is 473 g/mol. The topological polar surface area (TPSA) is 32.3 Å². The molecule has 0 spiro atoms. The van der Waals surface area contributed by atoms with E-state index in [4.69, 9.17) is 0 Å². The van der Waals surface area contributed by atoms with Crippen molar-refractivity contribution >= 4 is 5.91 Å². The van der Waals surface area contributed by atoms with Gasteiger partial charge >= 0.3 is 6.18 Å². The zero-order valence-electron chi connectivity index (χ0n) is 21.5. The molecule has 4 rings (SSSR count). The van der Waals surface area contributed by atoms with Gasteiger partial charge in [-0.1, -0.05) is 65.7 Å². The van der Waals surface area contributed by atoms with Crippen molar-refractivity contribution in [2.75, 3.05) is 13.1 Å². The van der Waals surface area contributed by atoms with Gasteiger partial charge in [0, 0.05) is 24.2 Å². The van der Waals surface area contributed by atoms with Gasteiger partial charge in [-0.05, 0) is 81.8 Å². The summed E-state index contributed by atoms with van der Waals surface area (Å²) in [5, 5.41) is 3.61. The van der Waals surface area contributed by atoms with E-state index in [1.807, 2.05) is 49.1 Å². The fourth-order valence-corrected chi connectivity index (χ4v) is 5.35. The second-order valence-corrected chi connectivity index (χ2v) is 10.2. The molecule has 6 heteroatoms. The van der Waals surface area contributed by atoms with E-state index >= 15 is 0 Å². The van der Waals surface area contributed by atoms with Crippen LogP contribution in [0.15, 0.2) is 72.8 Å². The van der Waals surface area contributed by atoms with Crippen molar-refractivity contribution in [3.8, 4) is 0 Å². The highest BCUT2D eigenvalue weighted by atomic mass is 19.4. The first kappa shape index (κ1) is 26.9. The second kappa shape index (κ2) is 12.0. The Hall–Kier alpha value is -3.12. The summed E-state index contributed by atoms with van der Waals surface area (Å²) < 4.78 is 39.0. The average Bonchev–Trinajstić information content (AvgIpc) is 2.86. The Morgan fingerprint density at radius 2 is 1.65 bits per heavy atom. The van der Waals surface area contributed by atoms with Crippen LogP contribution in [-0.4, -0.2) is 36.0 Å². The molecule has 0 unspecified atom stereocenters. The van der Waals surface area contributed by atoms with E-state index in [9.17, 15) is 18.0 Å². The number of alkyl halides is 3. The summed E-state index contributed by atoms with van der Waals surface area (Å²) in [4.78, 5) is 15.6. The predicted molar refractivity (Wildman–Crippen MR) is 142 cm³/mol. The van der Waals surface area contributed by atoms with Crippen molar-refractivity contribution < 1.29 is 18.0 Å². The summed E-state index contributed by atoms with van der Waals surface area (Å²) in [7, 11) is 0. The molecule has 3 nitrogen and oxygen atoms in total. The van der Waals surface area contributed by atoms with Crippen molar-refractivity contribution in [3.63, 3.8) is 0 Å². The van der Waals surface area contributed by atoms with Crippen LogP contribution in [0.3, 0.4) is 0 Å². The van der Waals surface area contributed by atoms with Crippen molar-refractivity contribution in [2.45, 2.75) is 64.2 Å². The fourth-order valence-electron chi connectivity index (χ4n) is 5.35. The first-order valence-electron chi connectivity index (χ1n) is 13.0. The Bertz CT molecular complexity index is 1170. The molecule has 1 fully saturated rings. The summed E-state index contributed by atoms with van der Waals surface area (Å²) >= 11 is 0. The van der Waals surface area contributed by atoms with Gasteiger partial charge in [0.05, 0.1) is 5.56 Å². The number of carbonyl (C=O) groups excluding carboxylic acids is 1. The number of halogens is 3. The summed E-state index contributed by atoms with van der Waals surface area (Å²) in [6.45, 7) is 5.43. The third kappa shape index (κ3) is 7.45. The monoisotopic (exact) mass is 508 g/mol. The highest BCUT2D eigenvalue weighted by Gasteiger charge is 2.32. The molecule has 0 bridgehead atoms. The maximum Gasteiger partial charge on any atom is 0.416 e. The smallest absolute Gasteiger partial charge is 0.335 e. The molecule has 3 aromatic carbocycles. The molecule has 37 heavy (non-hydrogen) atoms. The number of carbonyl (C=O) groups is 1. The van der Waals surface area contributed by atoms with Gasteiger partial charge in [-0.25, -0.2) is 0 Å². The lowest BCUT2D eigenvalue weighted by Gasteiger charge is -2.40. The number of piperidine rings is 1. The Morgan fingerprint density at radius 1 is 0.946 bits per heavy atom.